The molecule has 0 saturated carbocycles. The van der Waals surface area contributed by atoms with E-state index in [4.69, 9.17) is 5.11 Å². The number of nitrogens with one attached hydrogen (secondary N) is 1. The Hall–Kier alpha value is -0.360. The van der Waals surface area contributed by atoms with Crippen LogP contribution in [0.4, 0.5) is 0 Å². The van der Waals surface area contributed by atoms with E-state index in [0.717, 1.165) is 17.9 Å². The number of carboxylic acid groups (broad SMARTS) is 1. The van der Waals surface area contributed by atoms with Crippen molar-refractivity contribution in [2.24, 2.45) is 0 Å². The van der Waals surface area contributed by atoms with Crippen LogP contribution in [0, 0.1) is 0 Å². The molecule has 0 aromatic carbocycles. The van der Waals surface area contributed by atoms with E-state index in [9.17, 15) is 9.59 Å². The molecule has 1 amide bonds. The van der Waals surface area contributed by atoms with E-state index in [-0.39, 0.29) is 12.3 Å². The largest absolute Gasteiger partial charge is 0.481 e. The summed E-state index contributed by atoms with van der Waals surface area (Å²) in [4.78, 5) is 21.4. The average molecular weight is 265 g/mol. The highest BCUT2D eigenvalue weighted by molar-refractivity contribution is 7.99. The fourth-order valence-electron chi connectivity index (χ4n) is 0.990. The van der Waals surface area contributed by atoms with E-state index >= 15 is 0 Å². The maximum absolute atomic E-state index is 11.2. The van der Waals surface area contributed by atoms with Gasteiger partial charge in [0.25, 0.3) is 0 Å². The lowest BCUT2D eigenvalue weighted by atomic mass is 10.3. The van der Waals surface area contributed by atoms with Gasteiger partial charge in [0.1, 0.15) is 0 Å². The van der Waals surface area contributed by atoms with E-state index < -0.39 is 5.97 Å². The van der Waals surface area contributed by atoms with Gasteiger partial charge in [0.2, 0.25) is 5.91 Å². The SMILES string of the molecule is CSCCCC(=O)NCCSCCC(=O)O. The summed E-state index contributed by atoms with van der Waals surface area (Å²) in [5.74, 6) is 1.72. The Bertz CT molecular complexity index is 212. The Morgan fingerprint density at radius 2 is 1.94 bits per heavy atom. The number of thioether (sulfide) groups is 2. The zero-order valence-electron chi connectivity index (χ0n) is 9.53. The molecule has 0 aromatic heterocycles. The first-order valence-corrected chi connectivity index (χ1v) is 7.77. The van der Waals surface area contributed by atoms with E-state index in [1.54, 1.807) is 23.5 Å². The quantitative estimate of drug-likeness (QED) is 0.585. The second kappa shape index (κ2) is 11.1. The highest BCUT2D eigenvalue weighted by atomic mass is 32.2. The molecule has 0 atom stereocenters. The van der Waals surface area contributed by atoms with Crippen LogP contribution in [-0.4, -0.2) is 47.0 Å². The summed E-state index contributed by atoms with van der Waals surface area (Å²) in [5.41, 5.74) is 0. The van der Waals surface area contributed by atoms with Crippen molar-refractivity contribution in [2.45, 2.75) is 19.3 Å². The van der Waals surface area contributed by atoms with Crippen molar-refractivity contribution in [2.75, 3.05) is 30.1 Å². The molecule has 0 unspecified atom stereocenters. The number of rotatable bonds is 10. The second-order valence-electron chi connectivity index (χ2n) is 3.20. The summed E-state index contributed by atoms with van der Waals surface area (Å²) < 4.78 is 0. The van der Waals surface area contributed by atoms with Crippen LogP contribution in [0.15, 0.2) is 0 Å². The molecule has 0 fully saturated rings. The van der Waals surface area contributed by atoms with Crippen LogP contribution in [0.1, 0.15) is 19.3 Å². The third-order valence-electron chi connectivity index (χ3n) is 1.78. The van der Waals surface area contributed by atoms with Gasteiger partial charge in [0.15, 0.2) is 0 Å². The van der Waals surface area contributed by atoms with Gasteiger partial charge in [-0.15, -0.1) is 0 Å². The van der Waals surface area contributed by atoms with E-state index in [0.29, 0.717) is 18.7 Å². The van der Waals surface area contributed by atoms with Gasteiger partial charge in [-0.3, -0.25) is 9.59 Å². The summed E-state index contributed by atoms with van der Waals surface area (Å²) in [6, 6.07) is 0. The zero-order chi connectivity index (χ0) is 12.2. The molecule has 0 heterocycles. The first-order valence-electron chi connectivity index (χ1n) is 5.22. The van der Waals surface area contributed by atoms with Gasteiger partial charge in [-0.2, -0.15) is 23.5 Å². The molecule has 0 aromatic rings. The lowest BCUT2D eigenvalue weighted by Crippen LogP contribution is -2.25. The minimum atomic E-state index is -0.770. The number of carbonyl (C=O) groups is 2. The average Bonchev–Trinajstić information content (AvgIpc) is 2.23. The van der Waals surface area contributed by atoms with E-state index in [1.165, 1.54) is 0 Å². The third-order valence-corrected chi connectivity index (χ3v) is 3.46. The van der Waals surface area contributed by atoms with Crippen molar-refractivity contribution in [3.63, 3.8) is 0 Å². The highest BCUT2D eigenvalue weighted by Crippen LogP contribution is 2.01. The number of carbonyl (C=O) groups excluding carboxylic acids is 1. The predicted molar refractivity (Wildman–Crippen MR) is 70.2 cm³/mol. The normalized spacial score (nSPS) is 10.1. The molecule has 0 aliphatic heterocycles. The van der Waals surface area contributed by atoms with E-state index in [2.05, 4.69) is 5.32 Å². The van der Waals surface area contributed by atoms with Crippen molar-refractivity contribution >= 4 is 35.4 Å². The summed E-state index contributed by atoms with van der Waals surface area (Å²) in [5, 5.41) is 11.2. The van der Waals surface area contributed by atoms with Crippen molar-refractivity contribution < 1.29 is 14.7 Å². The van der Waals surface area contributed by atoms with Gasteiger partial charge >= 0.3 is 5.97 Å². The molecule has 0 bridgehead atoms. The maximum Gasteiger partial charge on any atom is 0.304 e. The minimum Gasteiger partial charge on any atom is -0.481 e. The first-order chi connectivity index (χ1) is 7.66. The van der Waals surface area contributed by atoms with Gasteiger partial charge in [-0.05, 0) is 18.4 Å². The lowest BCUT2D eigenvalue weighted by Gasteiger charge is -2.04. The summed E-state index contributed by atoms with van der Waals surface area (Å²) in [6.45, 7) is 0.627. The summed E-state index contributed by atoms with van der Waals surface area (Å²) in [7, 11) is 0. The van der Waals surface area contributed by atoms with Crippen LogP contribution in [0.2, 0.25) is 0 Å². The summed E-state index contributed by atoms with van der Waals surface area (Å²) in [6.07, 6.45) is 3.71. The molecule has 6 heteroatoms. The van der Waals surface area contributed by atoms with E-state index in [1.807, 2.05) is 6.26 Å². The summed E-state index contributed by atoms with van der Waals surface area (Å²) >= 11 is 3.29. The molecule has 0 spiro atoms. The predicted octanol–water partition coefficient (Wildman–Crippen LogP) is 1.45. The topological polar surface area (TPSA) is 66.4 Å². The molecule has 16 heavy (non-hydrogen) atoms. The number of aliphatic carboxylic acids is 1. The van der Waals surface area contributed by atoms with Crippen molar-refractivity contribution in [3.8, 4) is 0 Å². The highest BCUT2D eigenvalue weighted by Gasteiger charge is 2.00. The molecule has 4 nitrogen and oxygen atoms in total. The van der Waals surface area contributed by atoms with Crippen LogP contribution >= 0.6 is 23.5 Å². The van der Waals surface area contributed by atoms with Gasteiger partial charge < -0.3 is 10.4 Å². The van der Waals surface area contributed by atoms with Gasteiger partial charge in [0, 0.05) is 24.5 Å². The lowest BCUT2D eigenvalue weighted by molar-refractivity contribution is -0.136. The molecule has 2 N–H and O–H groups in total. The van der Waals surface area contributed by atoms with Gasteiger partial charge in [-0.1, -0.05) is 0 Å². The Kier molecular flexibility index (Phi) is 10.9. The number of amides is 1. The molecular formula is C10H19NO3S2. The minimum absolute atomic E-state index is 0.0906. The zero-order valence-corrected chi connectivity index (χ0v) is 11.2. The Morgan fingerprint density at radius 3 is 2.56 bits per heavy atom. The maximum atomic E-state index is 11.2. The monoisotopic (exact) mass is 265 g/mol. The third kappa shape index (κ3) is 11.7. The molecule has 0 saturated heterocycles. The fraction of sp³-hybridized carbons (Fsp3) is 0.800. The molecule has 94 valence electrons. The van der Waals surface area contributed by atoms with Crippen molar-refractivity contribution in [3.05, 3.63) is 0 Å². The van der Waals surface area contributed by atoms with Crippen molar-refractivity contribution in [1.82, 2.24) is 5.32 Å². The number of hydrogen-bond donors (Lipinski definition) is 2. The molecular weight excluding hydrogens is 246 g/mol. The molecule has 0 aliphatic rings. The molecule has 0 aliphatic carbocycles. The Labute approximate surface area is 105 Å². The Morgan fingerprint density at radius 1 is 1.19 bits per heavy atom. The van der Waals surface area contributed by atoms with Crippen LogP contribution in [0.25, 0.3) is 0 Å². The van der Waals surface area contributed by atoms with Gasteiger partial charge in [0.05, 0.1) is 6.42 Å². The standard InChI is InChI=1S/C10H19NO3S2/c1-15-6-2-3-9(12)11-5-8-16-7-4-10(13)14/h2-8H2,1H3,(H,11,12)(H,13,14). The van der Waals surface area contributed by atoms with Crippen LogP contribution in [0.5, 0.6) is 0 Å². The van der Waals surface area contributed by atoms with Gasteiger partial charge in [-0.25, -0.2) is 0 Å². The van der Waals surface area contributed by atoms with Crippen LogP contribution in [0.3, 0.4) is 0 Å². The number of hydrogen-bond acceptors (Lipinski definition) is 4. The van der Waals surface area contributed by atoms with Crippen LogP contribution < -0.4 is 5.32 Å². The second-order valence-corrected chi connectivity index (χ2v) is 5.41. The fourth-order valence-corrected chi connectivity index (χ4v) is 2.19. The van der Waals surface area contributed by atoms with Crippen molar-refractivity contribution in [1.29, 1.82) is 0 Å². The number of carboxylic acids is 1. The Balaban J connectivity index is 3.18. The van der Waals surface area contributed by atoms with Crippen LogP contribution in [-0.2, 0) is 9.59 Å². The molecule has 0 radical (unpaired) electrons. The molecule has 0 rings (SSSR count). The smallest absolute Gasteiger partial charge is 0.304 e. The first kappa shape index (κ1) is 15.6.